The molecule has 1 amide bonds. The molecule has 0 saturated heterocycles. The summed E-state index contributed by atoms with van der Waals surface area (Å²) in [7, 11) is 0.0554. The highest BCUT2D eigenvalue weighted by molar-refractivity contribution is 6.47. The third kappa shape index (κ3) is 3.17. The molecule has 0 aliphatic carbocycles. The number of aromatic carboxylic acids is 1. The van der Waals surface area contributed by atoms with E-state index in [0.717, 1.165) is 0 Å². The summed E-state index contributed by atoms with van der Waals surface area (Å²) in [6, 6.07) is 3.21. The fraction of sp³-hybridized carbons (Fsp3) is 0.429. The number of carboxylic acids is 1. The van der Waals surface area contributed by atoms with Crippen LogP contribution in [0.2, 0.25) is 0 Å². The molecule has 1 heterocycles. The van der Waals surface area contributed by atoms with Gasteiger partial charge in [0.15, 0.2) is 0 Å². The van der Waals surface area contributed by atoms with Crippen LogP contribution in [0, 0.1) is 0 Å². The van der Waals surface area contributed by atoms with Crippen LogP contribution >= 0.6 is 0 Å². The molecule has 1 atom stereocenters. The van der Waals surface area contributed by atoms with E-state index in [1.54, 1.807) is 6.07 Å². The predicted octanol–water partition coefficient (Wildman–Crippen LogP) is 0.633. The van der Waals surface area contributed by atoms with E-state index in [2.05, 4.69) is 5.32 Å². The number of methoxy groups -OCH3 is 1. The van der Waals surface area contributed by atoms with Gasteiger partial charge in [0.05, 0.1) is 13.1 Å². The van der Waals surface area contributed by atoms with Crippen LogP contribution < -0.4 is 14.7 Å². The molecule has 22 heavy (non-hydrogen) atoms. The Bertz CT molecular complexity index is 591. The molecule has 3 N–H and O–H groups in total. The quantitative estimate of drug-likeness (QED) is 0.689. The van der Waals surface area contributed by atoms with E-state index >= 15 is 0 Å². The number of fused-ring (bicyclic) bond motifs is 1. The highest BCUT2D eigenvalue weighted by atomic mass is 16.5. The summed E-state index contributed by atoms with van der Waals surface area (Å²) < 4.78 is 10.4. The summed E-state index contributed by atoms with van der Waals surface area (Å²) in [6.45, 7) is 1.88. The lowest BCUT2D eigenvalue weighted by Crippen LogP contribution is -2.53. The molecule has 2 rings (SSSR count). The molecule has 7 nitrogen and oxygen atoms in total. The minimum Gasteiger partial charge on any atom is -0.534 e. The number of amides is 1. The number of benzene rings is 1. The van der Waals surface area contributed by atoms with Crippen molar-refractivity contribution in [1.29, 1.82) is 0 Å². The normalized spacial score (nSPS) is 16.5. The van der Waals surface area contributed by atoms with Gasteiger partial charge in [0.2, 0.25) is 5.91 Å². The van der Waals surface area contributed by atoms with E-state index in [1.807, 2.05) is 6.92 Å². The topological polar surface area (TPSA) is 105 Å². The largest absolute Gasteiger partial charge is 0.547 e. The van der Waals surface area contributed by atoms with Crippen LogP contribution in [0.1, 0.15) is 35.7 Å². The van der Waals surface area contributed by atoms with Gasteiger partial charge >= 0.3 is 13.1 Å². The summed E-state index contributed by atoms with van der Waals surface area (Å²) in [5.41, 5.74) is 0.475. The number of rotatable bonds is 5. The van der Waals surface area contributed by atoms with Gasteiger partial charge in [-0.1, -0.05) is 13.0 Å². The average molecular weight is 307 g/mol. The van der Waals surface area contributed by atoms with Crippen LogP contribution in [0.4, 0.5) is 0 Å². The number of ether oxygens (including phenoxy) is 1. The molecule has 0 radical (unpaired) electrons. The van der Waals surface area contributed by atoms with Gasteiger partial charge < -0.3 is 24.8 Å². The molecular formula is C14H18BNO6. The minimum absolute atomic E-state index is 0.0836. The highest BCUT2D eigenvalue weighted by Gasteiger charge is 2.38. The molecule has 1 aliphatic rings. The third-order valence-electron chi connectivity index (χ3n) is 3.48. The minimum atomic E-state index is -1.31. The predicted molar refractivity (Wildman–Crippen MR) is 79.1 cm³/mol. The van der Waals surface area contributed by atoms with Gasteiger partial charge in [-0.25, -0.2) is 4.79 Å². The van der Waals surface area contributed by atoms with E-state index < -0.39 is 19.0 Å². The Morgan fingerprint density at radius 1 is 1.50 bits per heavy atom. The van der Waals surface area contributed by atoms with Crippen LogP contribution in [0.5, 0.6) is 11.5 Å². The second kappa shape index (κ2) is 6.70. The molecule has 0 bridgehead atoms. The van der Waals surface area contributed by atoms with Crippen molar-refractivity contribution in [2.45, 2.75) is 32.1 Å². The van der Waals surface area contributed by atoms with Crippen molar-refractivity contribution in [2.75, 3.05) is 7.11 Å². The van der Waals surface area contributed by atoms with Crippen molar-refractivity contribution >= 4 is 19.0 Å². The van der Waals surface area contributed by atoms with E-state index in [0.29, 0.717) is 18.4 Å². The Morgan fingerprint density at radius 2 is 2.23 bits per heavy atom. The molecule has 8 heteroatoms. The fourth-order valence-corrected chi connectivity index (χ4v) is 2.44. The Balaban J connectivity index is 2.29. The molecule has 0 fully saturated rings. The average Bonchev–Trinajstić information content (AvgIpc) is 2.46. The molecule has 1 aromatic rings. The van der Waals surface area contributed by atoms with Crippen molar-refractivity contribution in [3.05, 3.63) is 23.3 Å². The summed E-state index contributed by atoms with van der Waals surface area (Å²) in [5.74, 6) is -1.74. The van der Waals surface area contributed by atoms with Crippen molar-refractivity contribution in [1.82, 2.24) is 5.32 Å². The van der Waals surface area contributed by atoms with Gasteiger partial charge in [0, 0.05) is 6.42 Å². The van der Waals surface area contributed by atoms with Gasteiger partial charge in [0.25, 0.3) is 0 Å². The first kappa shape index (κ1) is 16.2. The summed E-state index contributed by atoms with van der Waals surface area (Å²) >= 11 is 0. The maximum absolute atomic E-state index is 11.7. The Hall–Kier alpha value is -2.22. The van der Waals surface area contributed by atoms with Gasteiger partial charge in [-0.2, -0.15) is 0 Å². The summed E-state index contributed by atoms with van der Waals surface area (Å²) in [5, 5.41) is 22.0. The fourth-order valence-electron chi connectivity index (χ4n) is 2.44. The van der Waals surface area contributed by atoms with Crippen LogP contribution in [-0.4, -0.2) is 42.2 Å². The van der Waals surface area contributed by atoms with Crippen molar-refractivity contribution in [3.63, 3.8) is 0 Å². The summed E-state index contributed by atoms with van der Waals surface area (Å²) in [4.78, 5) is 23.0. The molecule has 0 spiro atoms. The van der Waals surface area contributed by atoms with Crippen molar-refractivity contribution in [2.24, 2.45) is 0 Å². The molecule has 1 aromatic carbocycles. The smallest absolute Gasteiger partial charge is 0.534 e. The van der Waals surface area contributed by atoms with Crippen LogP contribution in [0.25, 0.3) is 0 Å². The second-order valence-electron chi connectivity index (χ2n) is 5.07. The lowest BCUT2D eigenvalue weighted by Gasteiger charge is -2.29. The van der Waals surface area contributed by atoms with E-state index in [4.69, 9.17) is 9.39 Å². The first-order valence-electron chi connectivity index (χ1n) is 7.05. The zero-order valence-electron chi connectivity index (χ0n) is 12.5. The summed E-state index contributed by atoms with van der Waals surface area (Å²) in [6.07, 6.45) is 1.35. The van der Waals surface area contributed by atoms with Gasteiger partial charge in [-0.05, 0) is 24.5 Å². The van der Waals surface area contributed by atoms with Gasteiger partial charge in [-0.15, -0.1) is 0 Å². The second-order valence-corrected chi connectivity index (χ2v) is 5.07. The monoisotopic (exact) mass is 307 g/mol. The molecule has 0 aromatic heterocycles. The van der Waals surface area contributed by atoms with Crippen LogP contribution in [0.3, 0.4) is 0 Å². The zero-order chi connectivity index (χ0) is 16.3. The molecule has 0 unspecified atom stereocenters. The Kier molecular flexibility index (Phi) is 4.92. The standard InChI is InChI=1S/C14H18BNO6/c1-3-4-11(17)16-10-7-8-5-6-9(21-2)12(14(18)19)13(8)22-15(10)20/h5-6,10,20H,3-4,7H2,1-2H3,(H,16,17)(H,18,19)/t10-/m0/s1. The van der Waals surface area contributed by atoms with E-state index in [-0.39, 0.29) is 29.4 Å². The molecule has 1 aliphatic heterocycles. The van der Waals surface area contributed by atoms with Crippen LogP contribution in [0.15, 0.2) is 12.1 Å². The number of hydrogen-bond donors (Lipinski definition) is 3. The number of hydrogen-bond acceptors (Lipinski definition) is 5. The zero-order valence-corrected chi connectivity index (χ0v) is 12.5. The van der Waals surface area contributed by atoms with Gasteiger partial charge in [0.1, 0.15) is 17.1 Å². The van der Waals surface area contributed by atoms with Crippen molar-refractivity contribution in [3.8, 4) is 11.5 Å². The lowest BCUT2D eigenvalue weighted by atomic mass is 9.72. The SMILES string of the molecule is CCCC(=O)N[C@H]1Cc2ccc(OC)c(C(=O)O)c2OB1O. The maximum atomic E-state index is 11.7. The molecule has 118 valence electrons. The van der Waals surface area contributed by atoms with Crippen molar-refractivity contribution < 1.29 is 29.1 Å². The Labute approximate surface area is 128 Å². The third-order valence-corrected chi connectivity index (χ3v) is 3.48. The molecular weight excluding hydrogens is 289 g/mol. The highest BCUT2D eigenvalue weighted by Crippen LogP contribution is 2.36. The van der Waals surface area contributed by atoms with E-state index in [1.165, 1.54) is 13.2 Å². The van der Waals surface area contributed by atoms with Gasteiger partial charge in [-0.3, -0.25) is 4.79 Å². The lowest BCUT2D eigenvalue weighted by molar-refractivity contribution is -0.121. The molecule has 0 saturated carbocycles. The maximum Gasteiger partial charge on any atom is 0.547 e. The van der Waals surface area contributed by atoms with Crippen LogP contribution in [-0.2, 0) is 11.2 Å². The number of carbonyl (C=O) groups excluding carboxylic acids is 1. The number of carbonyl (C=O) groups is 2. The number of nitrogens with one attached hydrogen (secondary N) is 1. The first-order valence-corrected chi connectivity index (χ1v) is 7.05. The number of carboxylic acid groups (broad SMARTS) is 1. The first-order chi connectivity index (χ1) is 10.5. The Morgan fingerprint density at radius 3 is 2.82 bits per heavy atom. The van der Waals surface area contributed by atoms with E-state index in [9.17, 15) is 19.7 Å².